The van der Waals surface area contributed by atoms with Crippen LogP contribution in [0.5, 0.6) is 0 Å². The van der Waals surface area contributed by atoms with Gasteiger partial charge in [-0.2, -0.15) is 0 Å². The summed E-state index contributed by atoms with van der Waals surface area (Å²) >= 11 is 0. The minimum atomic E-state index is -1.36. The largest absolute Gasteiger partial charge is 0.459 e. The van der Waals surface area contributed by atoms with Crippen LogP contribution in [0.2, 0.25) is 5.82 Å². The van der Waals surface area contributed by atoms with E-state index in [4.69, 9.17) is 0 Å². The fourth-order valence-corrected chi connectivity index (χ4v) is 5.06. The maximum Gasteiger partial charge on any atom is 0.459 e. The minimum Gasteiger partial charge on any atom is -0.427 e. The molecular weight excluding hydrogens is 393 g/mol. The van der Waals surface area contributed by atoms with E-state index in [0.29, 0.717) is 6.42 Å². The van der Waals surface area contributed by atoms with E-state index in [-0.39, 0.29) is 5.82 Å². The molecule has 4 heteroatoms. The molecule has 6 rings (SSSR count). The van der Waals surface area contributed by atoms with Crippen molar-refractivity contribution >= 4 is 45.3 Å². The topological polar surface area (TPSA) is 45.4 Å². The predicted octanol–water partition coefficient (Wildman–Crippen LogP) is 6.12. The van der Waals surface area contributed by atoms with Gasteiger partial charge < -0.3 is 14.6 Å². The van der Waals surface area contributed by atoms with Crippen LogP contribution < -0.4 is 0 Å². The van der Waals surface area contributed by atoms with E-state index < -0.39 is 7.12 Å². The van der Waals surface area contributed by atoms with E-state index in [1.54, 1.807) is 0 Å². The highest BCUT2D eigenvalue weighted by molar-refractivity contribution is 6.46. The molecule has 1 aromatic heterocycles. The average Bonchev–Trinajstić information content (AvgIpc) is 3.19. The number of hydrogen-bond donors (Lipinski definition) is 2. The summed E-state index contributed by atoms with van der Waals surface area (Å²) in [7, 11) is -1.36. The molecule has 0 aliphatic heterocycles. The third-order valence-corrected chi connectivity index (χ3v) is 6.58. The van der Waals surface area contributed by atoms with Crippen LogP contribution >= 0.6 is 0 Å². The smallest absolute Gasteiger partial charge is 0.427 e. The van der Waals surface area contributed by atoms with Crippen LogP contribution in [-0.2, 0) is 0 Å². The van der Waals surface area contributed by atoms with Gasteiger partial charge in [-0.15, -0.1) is 0 Å². The van der Waals surface area contributed by atoms with Crippen LogP contribution in [-0.4, -0.2) is 21.7 Å². The standard InChI is InChI=1S/C28H22BNO2/c31-29(32)25-11-5-3-8-22(25)20-13-16-21(17-14-20)30-26-12-6-4-10-24(26)28-23-9-2-1-7-19(23)15-18-27(28)30/h1-10,12-18,25,31-32H,11H2. The number of para-hydroxylation sites is 1. The highest BCUT2D eigenvalue weighted by Gasteiger charge is 2.28. The van der Waals surface area contributed by atoms with Gasteiger partial charge >= 0.3 is 7.12 Å². The number of hydrogen-bond acceptors (Lipinski definition) is 2. The third kappa shape index (κ3) is 2.92. The Bertz CT molecular complexity index is 1530. The molecule has 1 unspecified atom stereocenters. The Morgan fingerprint density at radius 2 is 1.50 bits per heavy atom. The number of rotatable bonds is 3. The minimum absolute atomic E-state index is 0.301. The van der Waals surface area contributed by atoms with Crippen molar-refractivity contribution in [1.82, 2.24) is 4.57 Å². The maximum absolute atomic E-state index is 9.81. The zero-order chi connectivity index (χ0) is 21.7. The molecule has 0 spiro atoms. The first-order valence-corrected chi connectivity index (χ1v) is 11.0. The predicted molar refractivity (Wildman–Crippen MR) is 134 cm³/mol. The van der Waals surface area contributed by atoms with Crippen molar-refractivity contribution < 1.29 is 10.0 Å². The van der Waals surface area contributed by atoms with Gasteiger partial charge in [-0.1, -0.05) is 78.9 Å². The molecule has 0 saturated carbocycles. The SMILES string of the molecule is OB(O)C1CC=CC=C1c1ccc(-n2c3ccccc3c3c4ccccc4ccc32)cc1. The van der Waals surface area contributed by atoms with Crippen LogP contribution in [0.25, 0.3) is 43.8 Å². The number of fused-ring (bicyclic) bond motifs is 5. The first-order chi connectivity index (χ1) is 15.7. The van der Waals surface area contributed by atoms with Crippen LogP contribution in [0, 0.1) is 0 Å². The van der Waals surface area contributed by atoms with Gasteiger partial charge in [0.1, 0.15) is 0 Å². The van der Waals surface area contributed by atoms with Crippen LogP contribution in [0.3, 0.4) is 0 Å². The molecular formula is C28H22BNO2. The lowest BCUT2D eigenvalue weighted by atomic mass is 9.64. The van der Waals surface area contributed by atoms with Gasteiger partial charge in [-0.25, -0.2) is 0 Å². The molecule has 1 atom stereocenters. The molecule has 4 aromatic carbocycles. The Balaban J connectivity index is 1.55. The average molecular weight is 415 g/mol. The quantitative estimate of drug-likeness (QED) is 0.349. The Morgan fingerprint density at radius 1 is 0.750 bits per heavy atom. The van der Waals surface area contributed by atoms with E-state index in [1.165, 1.54) is 32.6 Å². The molecule has 0 radical (unpaired) electrons. The second-order valence-corrected chi connectivity index (χ2v) is 8.39. The lowest BCUT2D eigenvalue weighted by Crippen LogP contribution is -2.22. The summed E-state index contributed by atoms with van der Waals surface area (Å²) in [6, 6.07) is 29.9. The Morgan fingerprint density at radius 3 is 2.31 bits per heavy atom. The van der Waals surface area contributed by atoms with Gasteiger partial charge in [0, 0.05) is 22.3 Å². The normalized spacial score (nSPS) is 16.1. The van der Waals surface area contributed by atoms with E-state index in [1.807, 2.05) is 18.2 Å². The molecule has 3 nitrogen and oxygen atoms in total. The molecule has 1 aliphatic carbocycles. The molecule has 1 aliphatic rings. The number of allylic oxidation sites excluding steroid dienone is 4. The van der Waals surface area contributed by atoms with Crippen molar-refractivity contribution in [3.63, 3.8) is 0 Å². The maximum atomic E-state index is 9.81. The first kappa shape index (κ1) is 19.1. The van der Waals surface area contributed by atoms with Crippen LogP contribution in [0.4, 0.5) is 0 Å². The van der Waals surface area contributed by atoms with Crippen molar-refractivity contribution in [2.75, 3.05) is 0 Å². The summed E-state index contributed by atoms with van der Waals surface area (Å²) in [6.07, 6.45) is 6.57. The summed E-state index contributed by atoms with van der Waals surface area (Å²) in [5.41, 5.74) is 5.42. The lowest BCUT2D eigenvalue weighted by molar-refractivity contribution is 0.396. The van der Waals surface area contributed by atoms with E-state index >= 15 is 0 Å². The lowest BCUT2D eigenvalue weighted by Gasteiger charge is -2.21. The number of nitrogens with zero attached hydrogens (tertiary/aromatic N) is 1. The molecule has 0 bridgehead atoms. The molecule has 0 saturated heterocycles. The van der Waals surface area contributed by atoms with Gasteiger partial charge in [0.05, 0.1) is 11.0 Å². The van der Waals surface area contributed by atoms with Crippen LogP contribution in [0.15, 0.2) is 103 Å². The summed E-state index contributed by atoms with van der Waals surface area (Å²) in [5, 5.41) is 24.6. The van der Waals surface area contributed by atoms with Gasteiger partial charge in [-0.05, 0) is 52.6 Å². The van der Waals surface area contributed by atoms with Crippen molar-refractivity contribution in [3.05, 3.63) is 109 Å². The van der Waals surface area contributed by atoms with Gasteiger partial charge in [0.25, 0.3) is 0 Å². The number of benzene rings is 4. The van der Waals surface area contributed by atoms with E-state index in [2.05, 4.69) is 89.5 Å². The van der Waals surface area contributed by atoms with Gasteiger partial charge in [0.15, 0.2) is 0 Å². The zero-order valence-corrected chi connectivity index (χ0v) is 17.5. The Kier molecular flexibility index (Phi) is 4.49. The van der Waals surface area contributed by atoms with Gasteiger partial charge in [0.2, 0.25) is 0 Å². The third-order valence-electron chi connectivity index (χ3n) is 6.58. The first-order valence-electron chi connectivity index (χ1n) is 11.0. The summed E-state index contributed by atoms with van der Waals surface area (Å²) < 4.78 is 2.31. The highest BCUT2D eigenvalue weighted by Crippen LogP contribution is 2.38. The highest BCUT2D eigenvalue weighted by atomic mass is 16.4. The molecule has 5 aromatic rings. The fraction of sp³-hybridized carbons (Fsp3) is 0.0714. The van der Waals surface area contributed by atoms with Crippen molar-refractivity contribution in [1.29, 1.82) is 0 Å². The molecule has 2 N–H and O–H groups in total. The Labute approximate surface area is 186 Å². The molecule has 0 fully saturated rings. The second-order valence-electron chi connectivity index (χ2n) is 8.39. The van der Waals surface area contributed by atoms with Crippen LogP contribution in [0.1, 0.15) is 12.0 Å². The van der Waals surface area contributed by atoms with Gasteiger partial charge in [-0.3, -0.25) is 0 Å². The van der Waals surface area contributed by atoms with Crippen molar-refractivity contribution in [3.8, 4) is 5.69 Å². The van der Waals surface area contributed by atoms with Crippen molar-refractivity contribution in [2.45, 2.75) is 12.2 Å². The summed E-state index contributed by atoms with van der Waals surface area (Å²) in [5.74, 6) is -0.301. The Hall–Kier alpha value is -3.60. The zero-order valence-electron chi connectivity index (χ0n) is 17.5. The fourth-order valence-electron chi connectivity index (χ4n) is 5.06. The number of aromatic nitrogens is 1. The molecule has 0 amide bonds. The summed E-state index contributed by atoms with van der Waals surface area (Å²) in [6.45, 7) is 0. The second kappa shape index (κ2) is 7.52. The van der Waals surface area contributed by atoms with E-state index in [9.17, 15) is 10.0 Å². The van der Waals surface area contributed by atoms with E-state index in [0.717, 1.165) is 16.8 Å². The molecule has 32 heavy (non-hydrogen) atoms. The monoisotopic (exact) mass is 415 g/mol. The molecule has 1 heterocycles. The molecule has 154 valence electrons. The van der Waals surface area contributed by atoms with Crippen molar-refractivity contribution in [2.24, 2.45) is 0 Å². The summed E-state index contributed by atoms with van der Waals surface area (Å²) in [4.78, 5) is 0.